The Morgan fingerprint density at radius 1 is 1.14 bits per heavy atom. The first kappa shape index (κ1) is 19.8. The fraction of sp³-hybridized carbons (Fsp3) is 0.381. The first-order valence-corrected chi connectivity index (χ1v) is 9.63. The van der Waals surface area contributed by atoms with Crippen LogP contribution in [-0.4, -0.2) is 65.9 Å². The van der Waals surface area contributed by atoms with Gasteiger partial charge >= 0.3 is 0 Å². The van der Waals surface area contributed by atoms with Gasteiger partial charge in [0.25, 0.3) is 5.91 Å². The largest absolute Gasteiger partial charge is 0.459 e. The van der Waals surface area contributed by atoms with Crippen molar-refractivity contribution in [3.63, 3.8) is 0 Å². The summed E-state index contributed by atoms with van der Waals surface area (Å²) in [6.45, 7) is 4.81. The third-order valence-corrected chi connectivity index (χ3v) is 4.70. The molecule has 7 heteroatoms. The lowest BCUT2D eigenvalue weighted by Crippen LogP contribution is -2.48. The second-order valence-corrected chi connectivity index (χ2v) is 6.73. The van der Waals surface area contributed by atoms with Crippen LogP contribution < -0.4 is 5.32 Å². The van der Waals surface area contributed by atoms with E-state index in [9.17, 15) is 9.59 Å². The Labute approximate surface area is 165 Å². The van der Waals surface area contributed by atoms with Crippen LogP contribution in [0.5, 0.6) is 0 Å². The van der Waals surface area contributed by atoms with E-state index in [1.807, 2.05) is 17.0 Å². The minimum absolute atomic E-state index is 0.0355. The summed E-state index contributed by atoms with van der Waals surface area (Å²) in [5.74, 6) is 0.280. The summed E-state index contributed by atoms with van der Waals surface area (Å²) in [5.41, 5.74) is 0.905. The lowest BCUT2D eigenvalue weighted by atomic mass is 10.2. The molecule has 0 atom stereocenters. The van der Waals surface area contributed by atoms with E-state index >= 15 is 0 Å². The molecule has 2 aromatic rings. The molecular formula is C21H26N4O3. The normalized spacial score (nSPS) is 15.1. The van der Waals surface area contributed by atoms with Crippen LogP contribution in [0.15, 0.2) is 53.4 Å². The molecule has 1 N–H and O–H groups in total. The predicted molar refractivity (Wildman–Crippen MR) is 107 cm³/mol. The molecule has 0 spiro atoms. The van der Waals surface area contributed by atoms with Crippen molar-refractivity contribution < 1.29 is 14.0 Å². The number of nitrogens with zero attached hydrogens (tertiary/aromatic N) is 3. The summed E-state index contributed by atoms with van der Waals surface area (Å²) < 4.78 is 5.18. The van der Waals surface area contributed by atoms with Gasteiger partial charge < -0.3 is 14.6 Å². The summed E-state index contributed by atoms with van der Waals surface area (Å²) in [6, 6.07) is 7.18. The molecule has 28 heavy (non-hydrogen) atoms. The maximum absolute atomic E-state index is 12.2. The molecule has 0 radical (unpaired) electrons. The average molecular weight is 382 g/mol. The number of carbonyl (C=O) groups is 2. The van der Waals surface area contributed by atoms with Crippen LogP contribution in [0, 0.1) is 0 Å². The van der Waals surface area contributed by atoms with Gasteiger partial charge in [0, 0.05) is 51.2 Å². The third kappa shape index (κ3) is 6.06. The number of rotatable bonds is 8. The van der Waals surface area contributed by atoms with Crippen molar-refractivity contribution in [2.24, 2.45) is 0 Å². The number of furan rings is 1. The Bertz CT molecular complexity index is 766. The summed E-state index contributed by atoms with van der Waals surface area (Å²) in [5, 5.41) is 2.90. The summed E-state index contributed by atoms with van der Waals surface area (Å²) in [4.78, 5) is 32.2. The molecule has 0 aromatic carbocycles. The molecule has 3 heterocycles. The fourth-order valence-corrected chi connectivity index (χ4v) is 3.11. The molecule has 0 aliphatic carbocycles. The van der Waals surface area contributed by atoms with E-state index in [2.05, 4.69) is 15.2 Å². The Hall–Kier alpha value is -2.93. The highest BCUT2D eigenvalue weighted by atomic mass is 16.3. The second kappa shape index (κ2) is 10.4. The molecule has 1 aliphatic rings. The molecule has 0 bridgehead atoms. The van der Waals surface area contributed by atoms with Crippen LogP contribution in [0.2, 0.25) is 0 Å². The topological polar surface area (TPSA) is 78.7 Å². The van der Waals surface area contributed by atoms with Crippen molar-refractivity contribution in [1.82, 2.24) is 20.1 Å². The maximum Gasteiger partial charge on any atom is 0.289 e. The number of hydrogen-bond donors (Lipinski definition) is 1. The molecule has 1 saturated heterocycles. The lowest BCUT2D eigenvalue weighted by molar-refractivity contribution is -0.116. The Balaban J connectivity index is 1.26. The van der Waals surface area contributed by atoms with Gasteiger partial charge in [-0.25, -0.2) is 0 Å². The summed E-state index contributed by atoms with van der Waals surface area (Å²) in [7, 11) is 0. The van der Waals surface area contributed by atoms with Gasteiger partial charge in [-0.1, -0.05) is 6.07 Å². The van der Waals surface area contributed by atoms with Crippen LogP contribution in [0.3, 0.4) is 0 Å². The van der Waals surface area contributed by atoms with Crippen molar-refractivity contribution in [2.45, 2.75) is 12.8 Å². The van der Waals surface area contributed by atoms with E-state index in [1.54, 1.807) is 30.6 Å². The number of aromatic nitrogens is 1. The van der Waals surface area contributed by atoms with Crippen LogP contribution >= 0.6 is 0 Å². The van der Waals surface area contributed by atoms with Crippen molar-refractivity contribution >= 4 is 17.9 Å². The maximum atomic E-state index is 12.2. The van der Waals surface area contributed by atoms with Gasteiger partial charge in [-0.05, 0) is 49.2 Å². The lowest BCUT2D eigenvalue weighted by Gasteiger charge is -2.34. The average Bonchev–Trinajstić information content (AvgIpc) is 3.28. The van der Waals surface area contributed by atoms with Gasteiger partial charge in [0.05, 0.1) is 6.26 Å². The van der Waals surface area contributed by atoms with Crippen LogP contribution in [0.25, 0.3) is 6.08 Å². The zero-order valence-corrected chi connectivity index (χ0v) is 15.9. The summed E-state index contributed by atoms with van der Waals surface area (Å²) >= 11 is 0. The van der Waals surface area contributed by atoms with Crippen LogP contribution in [-0.2, 0) is 4.79 Å². The van der Waals surface area contributed by atoms with Crippen LogP contribution in [0.1, 0.15) is 29.0 Å². The van der Waals surface area contributed by atoms with Gasteiger partial charge in [-0.3, -0.25) is 19.5 Å². The Morgan fingerprint density at radius 3 is 2.71 bits per heavy atom. The first-order chi connectivity index (χ1) is 13.7. The molecule has 7 nitrogen and oxygen atoms in total. The Morgan fingerprint density at radius 2 is 2.00 bits per heavy atom. The zero-order valence-electron chi connectivity index (χ0n) is 15.9. The fourth-order valence-electron chi connectivity index (χ4n) is 3.11. The van der Waals surface area contributed by atoms with Crippen molar-refractivity contribution in [2.75, 3.05) is 39.3 Å². The number of nitrogens with one attached hydrogen (secondary N) is 1. The number of pyridine rings is 1. The predicted octanol–water partition coefficient (Wildman–Crippen LogP) is 2.04. The molecule has 2 aromatic heterocycles. The highest BCUT2D eigenvalue weighted by Gasteiger charge is 2.23. The smallest absolute Gasteiger partial charge is 0.289 e. The van der Waals surface area contributed by atoms with Gasteiger partial charge in [-0.2, -0.15) is 0 Å². The van der Waals surface area contributed by atoms with Crippen molar-refractivity contribution in [1.29, 1.82) is 0 Å². The number of hydrogen-bond acceptors (Lipinski definition) is 5. The minimum Gasteiger partial charge on any atom is -0.459 e. The molecule has 1 aliphatic heterocycles. The first-order valence-electron chi connectivity index (χ1n) is 9.63. The van der Waals surface area contributed by atoms with Gasteiger partial charge in [0.15, 0.2) is 5.76 Å². The van der Waals surface area contributed by atoms with Crippen molar-refractivity contribution in [3.05, 3.63) is 60.3 Å². The van der Waals surface area contributed by atoms with Gasteiger partial charge in [-0.15, -0.1) is 0 Å². The molecule has 0 saturated carbocycles. The number of carbonyl (C=O) groups excluding carboxylic acids is 2. The van der Waals surface area contributed by atoms with E-state index in [4.69, 9.17) is 4.42 Å². The highest BCUT2D eigenvalue weighted by molar-refractivity contribution is 5.92. The quantitative estimate of drug-likeness (QED) is 0.558. The zero-order chi connectivity index (χ0) is 19.6. The minimum atomic E-state index is -0.0890. The van der Waals surface area contributed by atoms with E-state index < -0.39 is 0 Å². The van der Waals surface area contributed by atoms with E-state index in [-0.39, 0.29) is 11.8 Å². The van der Waals surface area contributed by atoms with Crippen LogP contribution in [0.4, 0.5) is 0 Å². The van der Waals surface area contributed by atoms with Gasteiger partial charge in [0.1, 0.15) is 0 Å². The molecule has 0 unspecified atom stereocenters. The molecule has 3 rings (SSSR count). The molecular weight excluding hydrogens is 356 g/mol. The Kier molecular flexibility index (Phi) is 7.37. The number of unbranched alkanes of at least 4 members (excludes halogenated alkanes) is 1. The number of amides is 2. The number of piperazine rings is 1. The molecule has 148 valence electrons. The standard InChI is InChI=1S/C21H26N4O3/c26-20(8-7-18-5-3-9-22-17-18)23-10-1-2-11-24-12-14-25(15-13-24)21(27)19-6-4-16-28-19/h3-9,16-17H,1-2,10-15H2,(H,23,26)/b8-7-. The van der Waals surface area contributed by atoms with E-state index in [1.165, 1.54) is 12.3 Å². The highest BCUT2D eigenvalue weighted by Crippen LogP contribution is 2.10. The molecule has 1 fully saturated rings. The van der Waals surface area contributed by atoms with E-state index in [0.717, 1.165) is 51.1 Å². The molecule has 2 amide bonds. The van der Waals surface area contributed by atoms with Crippen molar-refractivity contribution in [3.8, 4) is 0 Å². The monoisotopic (exact) mass is 382 g/mol. The third-order valence-electron chi connectivity index (χ3n) is 4.70. The second-order valence-electron chi connectivity index (χ2n) is 6.73. The SMILES string of the molecule is O=C(/C=C\c1cccnc1)NCCCCN1CCN(C(=O)c2ccco2)CC1. The van der Waals surface area contributed by atoms with E-state index in [0.29, 0.717) is 12.3 Å². The van der Waals surface area contributed by atoms with Gasteiger partial charge in [0.2, 0.25) is 5.91 Å². The summed E-state index contributed by atoms with van der Waals surface area (Å²) in [6.07, 6.45) is 10.2.